The lowest BCUT2D eigenvalue weighted by molar-refractivity contribution is 0.152. The van der Waals surface area contributed by atoms with Crippen molar-refractivity contribution in [1.29, 1.82) is 5.26 Å². The van der Waals surface area contributed by atoms with Crippen LogP contribution in [0.2, 0.25) is 10.0 Å². The standard InChI is InChI=1S/C14H14Cl3NO3/c15-10(9-18)3-6-20-4-1-2-5-21-14-12(16)7-11(19)8-13(14)17/h3,7-8,19H,1-2,4-6H2. The first kappa shape index (κ1) is 17.9. The third-order valence-corrected chi connectivity index (χ3v) is 3.20. The lowest BCUT2D eigenvalue weighted by atomic mass is 10.3. The molecule has 0 aliphatic heterocycles. The van der Waals surface area contributed by atoms with E-state index in [2.05, 4.69) is 0 Å². The van der Waals surface area contributed by atoms with Crippen LogP contribution in [0.5, 0.6) is 11.5 Å². The number of phenolic OH excluding ortho intramolecular Hbond substituents is 1. The minimum atomic E-state index is -0.00478. The Bertz CT molecular complexity index is 518. The van der Waals surface area contributed by atoms with Crippen LogP contribution in [0.3, 0.4) is 0 Å². The molecule has 0 aromatic heterocycles. The van der Waals surface area contributed by atoms with Crippen LogP contribution in [-0.4, -0.2) is 24.9 Å². The van der Waals surface area contributed by atoms with Crippen molar-refractivity contribution in [2.75, 3.05) is 19.8 Å². The van der Waals surface area contributed by atoms with Crippen molar-refractivity contribution in [1.82, 2.24) is 0 Å². The summed E-state index contributed by atoms with van der Waals surface area (Å²) in [6.07, 6.45) is 3.04. The van der Waals surface area contributed by atoms with Crippen LogP contribution in [0.1, 0.15) is 12.8 Å². The number of nitriles is 1. The molecule has 0 bridgehead atoms. The molecule has 0 unspecified atom stereocenters. The quantitative estimate of drug-likeness (QED) is 0.553. The molecule has 0 aliphatic rings. The van der Waals surface area contributed by atoms with Gasteiger partial charge in [0.2, 0.25) is 0 Å². The van der Waals surface area contributed by atoms with Crippen molar-refractivity contribution < 1.29 is 14.6 Å². The summed E-state index contributed by atoms with van der Waals surface area (Å²) in [6.45, 7) is 1.28. The van der Waals surface area contributed by atoms with Crippen LogP contribution < -0.4 is 4.74 Å². The van der Waals surface area contributed by atoms with E-state index in [9.17, 15) is 5.11 Å². The van der Waals surface area contributed by atoms with E-state index in [-0.39, 0.29) is 20.8 Å². The minimum Gasteiger partial charge on any atom is -0.508 e. The van der Waals surface area contributed by atoms with E-state index < -0.39 is 0 Å². The number of halogens is 3. The summed E-state index contributed by atoms with van der Waals surface area (Å²) in [5.74, 6) is 0.357. The summed E-state index contributed by atoms with van der Waals surface area (Å²) in [5.41, 5.74) is 0. The highest BCUT2D eigenvalue weighted by molar-refractivity contribution is 6.37. The molecular weight excluding hydrogens is 337 g/mol. The highest BCUT2D eigenvalue weighted by atomic mass is 35.5. The Hall–Kier alpha value is -1.12. The maximum Gasteiger partial charge on any atom is 0.156 e. The number of benzene rings is 1. The number of allylic oxidation sites excluding steroid dienone is 1. The van der Waals surface area contributed by atoms with Gasteiger partial charge in [0.05, 0.1) is 23.3 Å². The summed E-state index contributed by atoms with van der Waals surface area (Å²) >= 11 is 17.3. The maximum absolute atomic E-state index is 9.29. The Morgan fingerprint density at radius 3 is 2.48 bits per heavy atom. The van der Waals surface area contributed by atoms with Gasteiger partial charge in [-0.05, 0) is 18.9 Å². The van der Waals surface area contributed by atoms with Gasteiger partial charge >= 0.3 is 0 Å². The van der Waals surface area contributed by atoms with E-state index in [1.54, 1.807) is 6.07 Å². The zero-order chi connectivity index (χ0) is 15.7. The minimum absolute atomic E-state index is 0.00478. The Morgan fingerprint density at radius 1 is 1.24 bits per heavy atom. The number of ether oxygens (including phenoxy) is 2. The Kier molecular flexibility index (Phi) is 8.33. The Balaban J connectivity index is 2.20. The number of unbranched alkanes of at least 4 members (excludes halogenated alkanes) is 1. The van der Waals surface area contributed by atoms with Crippen molar-refractivity contribution in [3.63, 3.8) is 0 Å². The number of nitrogens with zero attached hydrogens (tertiary/aromatic N) is 1. The Morgan fingerprint density at radius 2 is 1.86 bits per heavy atom. The normalized spacial score (nSPS) is 11.2. The van der Waals surface area contributed by atoms with Gasteiger partial charge in [0.1, 0.15) is 16.9 Å². The second-order valence-electron chi connectivity index (χ2n) is 4.03. The van der Waals surface area contributed by atoms with Gasteiger partial charge in [0.25, 0.3) is 0 Å². The molecule has 0 spiro atoms. The van der Waals surface area contributed by atoms with E-state index in [0.29, 0.717) is 25.6 Å². The van der Waals surface area contributed by atoms with Crippen molar-refractivity contribution in [3.05, 3.63) is 33.3 Å². The highest BCUT2D eigenvalue weighted by Crippen LogP contribution is 2.36. The fourth-order valence-corrected chi connectivity index (χ4v) is 2.07. The molecule has 1 aromatic rings. The fourth-order valence-electron chi connectivity index (χ4n) is 1.43. The molecule has 0 amide bonds. The summed E-state index contributed by atoms with van der Waals surface area (Å²) in [6, 6.07) is 4.54. The third-order valence-electron chi connectivity index (χ3n) is 2.40. The van der Waals surface area contributed by atoms with Crippen LogP contribution in [-0.2, 0) is 4.74 Å². The van der Waals surface area contributed by atoms with Crippen LogP contribution in [0.4, 0.5) is 0 Å². The van der Waals surface area contributed by atoms with Crippen LogP contribution in [0, 0.1) is 11.3 Å². The van der Waals surface area contributed by atoms with E-state index in [1.807, 2.05) is 0 Å². The molecular formula is C14H14Cl3NO3. The Labute approximate surface area is 138 Å². The smallest absolute Gasteiger partial charge is 0.156 e. The molecule has 4 nitrogen and oxygen atoms in total. The monoisotopic (exact) mass is 349 g/mol. The molecule has 1 aromatic carbocycles. The SMILES string of the molecule is N#CC(Cl)=CCOCCCCOc1c(Cl)cc(O)cc1Cl. The molecule has 1 N–H and O–H groups in total. The van der Waals surface area contributed by atoms with Gasteiger partial charge in [0.15, 0.2) is 5.75 Å². The fraction of sp³-hybridized carbons (Fsp3) is 0.357. The van der Waals surface area contributed by atoms with Crippen LogP contribution in [0.15, 0.2) is 23.2 Å². The van der Waals surface area contributed by atoms with Gasteiger partial charge in [-0.15, -0.1) is 0 Å². The molecule has 0 fully saturated rings. The van der Waals surface area contributed by atoms with E-state index in [4.69, 9.17) is 49.5 Å². The average molecular weight is 351 g/mol. The van der Waals surface area contributed by atoms with Gasteiger partial charge in [0, 0.05) is 18.7 Å². The van der Waals surface area contributed by atoms with Crippen molar-refractivity contribution >= 4 is 34.8 Å². The number of rotatable bonds is 8. The molecule has 0 atom stereocenters. The maximum atomic E-state index is 9.29. The van der Waals surface area contributed by atoms with Gasteiger partial charge in [-0.2, -0.15) is 5.26 Å². The van der Waals surface area contributed by atoms with Crippen LogP contribution in [0.25, 0.3) is 0 Å². The molecule has 1 rings (SSSR count). The predicted octanol–water partition coefficient (Wildman–Crippen LogP) is 4.52. The average Bonchev–Trinajstić information content (AvgIpc) is 2.43. The van der Waals surface area contributed by atoms with Crippen molar-refractivity contribution in [3.8, 4) is 17.6 Å². The molecule has 0 saturated heterocycles. The number of phenols is 1. The molecule has 114 valence electrons. The second-order valence-corrected chi connectivity index (χ2v) is 5.25. The first-order valence-corrected chi connectivity index (χ1v) is 7.32. The zero-order valence-electron chi connectivity index (χ0n) is 11.1. The third kappa shape index (κ3) is 6.92. The summed E-state index contributed by atoms with van der Waals surface area (Å²) in [4.78, 5) is 0. The molecule has 0 radical (unpaired) electrons. The predicted molar refractivity (Wildman–Crippen MR) is 83.2 cm³/mol. The number of hydrogen-bond acceptors (Lipinski definition) is 4. The molecule has 0 saturated carbocycles. The summed E-state index contributed by atoms with van der Waals surface area (Å²) in [7, 11) is 0. The van der Waals surface area contributed by atoms with E-state index in [0.717, 1.165) is 12.8 Å². The number of hydrogen-bond donors (Lipinski definition) is 1. The molecule has 0 aliphatic carbocycles. The van der Waals surface area contributed by atoms with Gasteiger partial charge in [-0.25, -0.2) is 0 Å². The highest BCUT2D eigenvalue weighted by Gasteiger charge is 2.09. The van der Waals surface area contributed by atoms with Crippen molar-refractivity contribution in [2.24, 2.45) is 0 Å². The van der Waals surface area contributed by atoms with Gasteiger partial charge in [-0.3, -0.25) is 0 Å². The van der Waals surface area contributed by atoms with E-state index >= 15 is 0 Å². The lowest BCUT2D eigenvalue weighted by Crippen LogP contribution is -2.02. The van der Waals surface area contributed by atoms with E-state index in [1.165, 1.54) is 18.2 Å². The first-order chi connectivity index (χ1) is 10.0. The topological polar surface area (TPSA) is 62.5 Å². The summed E-state index contributed by atoms with van der Waals surface area (Å²) < 4.78 is 10.7. The second kappa shape index (κ2) is 9.75. The van der Waals surface area contributed by atoms with Crippen LogP contribution >= 0.6 is 34.8 Å². The summed E-state index contributed by atoms with van der Waals surface area (Å²) in [5, 5.41) is 18.4. The molecule has 7 heteroatoms. The molecule has 0 heterocycles. The van der Waals surface area contributed by atoms with Gasteiger partial charge in [-0.1, -0.05) is 34.8 Å². The van der Waals surface area contributed by atoms with Gasteiger partial charge < -0.3 is 14.6 Å². The first-order valence-electron chi connectivity index (χ1n) is 6.19. The lowest BCUT2D eigenvalue weighted by Gasteiger charge is -2.10. The molecule has 21 heavy (non-hydrogen) atoms. The zero-order valence-corrected chi connectivity index (χ0v) is 13.4. The van der Waals surface area contributed by atoms with Crippen molar-refractivity contribution in [2.45, 2.75) is 12.8 Å². The number of aromatic hydroxyl groups is 1. The largest absolute Gasteiger partial charge is 0.508 e.